The van der Waals surface area contributed by atoms with Crippen molar-refractivity contribution in [1.82, 2.24) is 0 Å². The van der Waals surface area contributed by atoms with Gasteiger partial charge in [0.05, 0.1) is 0 Å². The molecule has 2 aliphatic heterocycles. The van der Waals surface area contributed by atoms with Gasteiger partial charge in [-0.25, -0.2) is 4.39 Å². The van der Waals surface area contributed by atoms with E-state index in [-0.39, 0.29) is 17.5 Å². The molecule has 0 aromatic heterocycles. The highest BCUT2D eigenvalue weighted by atomic mass is 32.2. The summed E-state index contributed by atoms with van der Waals surface area (Å²) in [6.07, 6.45) is 3.03. The second-order valence-electron chi connectivity index (χ2n) is 4.93. The summed E-state index contributed by atoms with van der Waals surface area (Å²) >= 11 is 1.91. The third-order valence-electron chi connectivity index (χ3n) is 3.58. The summed E-state index contributed by atoms with van der Waals surface area (Å²) in [6.45, 7) is 0. The summed E-state index contributed by atoms with van der Waals surface area (Å²) in [5.74, 6) is 2.55. The van der Waals surface area contributed by atoms with E-state index < -0.39 is 0 Å². The van der Waals surface area contributed by atoms with Gasteiger partial charge in [-0.15, -0.1) is 0 Å². The van der Waals surface area contributed by atoms with E-state index in [9.17, 15) is 4.39 Å². The molecule has 3 rings (SSSR count). The smallest absolute Gasteiger partial charge is 0.127 e. The molecule has 2 nitrogen and oxygen atoms in total. The molecule has 0 amide bonds. The van der Waals surface area contributed by atoms with Crippen LogP contribution in [0.1, 0.15) is 30.9 Å². The van der Waals surface area contributed by atoms with Crippen LogP contribution >= 0.6 is 11.8 Å². The number of thioether (sulfide) groups is 1. The predicted molar refractivity (Wildman–Crippen MR) is 67.9 cm³/mol. The highest BCUT2D eigenvalue weighted by molar-refractivity contribution is 7.99. The van der Waals surface area contributed by atoms with Gasteiger partial charge in [-0.2, -0.15) is 11.8 Å². The minimum atomic E-state index is -0.253. The highest BCUT2D eigenvalue weighted by Gasteiger charge is 2.41. The van der Waals surface area contributed by atoms with E-state index in [2.05, 4.69) is 0 Å². The van der Waals surface area contributed by atoms with E-state index in [1.54, 1.807) is 6.07 Å². The minimum absolute atomic E-state index is 0.0296. The number of halogens is 1. The van der Waals surface area contributed by atoms with Crippen LogP contribution in [0.3, 0.4) is 0 Å². The fraction of sp³-hybridized carbons (Fsp3) is 0.538. The second-order valence-corrected chi connectivity index (χ2v) is 6.04. The van der Waals surface area contributed by atoms with Gasteiger partial charge in [0, 0.05) is 29.8 Å². The van der Waals surface area contributed by atoms with Crippen molar-refractivity contribution in [1.29, 1.82) is 0 Å². The average Bonchev–Trinajstić information content (AvgIpc) is 2.29. The Kier molecular flexibility index (Phi) is 2.79. The van der Waals surface area contributed by atoms with E-state index in [0.29, 0.717) is 5.75 Å². The van der Waals surface area contributed by atoms with Crippen LogP contribution in [-0.4, -0.2) is 17.1 Å². The molecule has 2 heterocycles. The number of ether oxygens (including phenoxy) is 1. The molecule has 1 saturated heterocycles. The molecule has 2 N–H and O–H groups in total. The summed E-state index contributed by atoms with van der Waals surface area (Å²) in [7, 11) is 0. The van der Waals surface area contributed by atoms with Gasteiger partial charge in [0.25, 0.3) is 0 Å². The van der Waals surface area contributed by atoms with Crippen LogP contribution in [0.4, 0.5) is 4.39 Å². The van der Waals surface area contributed by atoms with Crippen molar-refractivity contribution in [2.45, 2.75) is 30.9 Å². The van der Waals surface area contributed by atoms with Gasteiger partial charge >= 0.3 is 0 Å². The first-order valence-corrected chi connectivity index (χ1v) is 7.16. The molecular formula is C13H16FNOS. The van der Waals surface area contributed by atoms with Crippen molar-refractivity contribution in [3.63, 3.8) is 0 Å². The molecule has 1 spiro atoms. The van der Waals surface area contributed by atoms with Crippen LogP contribution in [-0.2, 0) is 0 Å². The number of rotatable bonds is 0. The quantitative estimate of drug-likeness (QED) is 0.772. The molecule has 2 aliphatic rings. The van der Waals surface area contributed by atoms with E-state index in [0.717, 1.165) is 30.6 Å². The van der Waals surface area contributed by atoms with Gasteiger partial charge < -0.3 is 10.5 Å². The molecule has 92 valence electrons. The van der Waals surface area contributed by atoms with Crippen LogP contribution in [0, 0.1) is 5.82 Å². The number of hydrogen-bond donors (Lipinski definition) is 1. The summed E-state index contributed by atoms with van der Waals surface area (Å²) in [4.78, 5) is 0. The highest BCUT2D eigenvalue weighted by Crippen LogP contribution is 2.44. The molecule has 1 fully saturated rings. The number of hydrogen-bond acceptors (Lipinski definition) is 3. The number of benzene rings is 1. The maximum Gasteiger partial charge on any atom is 0.127 e. The molecule has 0 radical (unpaired) electrons. The minimum Gasteiger partial charge on any atom is -0.486 e. The molecule has 2 atom stereocenters. The third kappa shape index (κ3) is 2.04. The van der Waals surface area contributed by atoms with Crippen molar-refractivity contribution in [3.05, 3.63) is 29.6 Å². The summed E-state index contributed by atoms with van der Waals surface area (Å²) in [5, 5.41) is 0. The average molecular weight is 253 g/mol. The van der Waals surface area contributed by atoms with Crippen molar-refractivity contribution in [3.8, 4) is 5.75 Å². The van der Waals surface area contributed by atoms with Crippen LogP contribution in [0.2, 0.25) is 0 Å². The molecule has 4 heteroatoms. The second kappa shape index (κ2) is 4.18. The van der Waals surface area contributed by atoms with Crippen LogP contribution in [0.15, 0.2) is 18.2 Å². The first kappa shape index (κ1) is 11.4. The topological polar surface area (TPSA) is 35.2 Å². The Bertz CT molecular complexity index is 431. The van der Waals surface area contributed by atoms with Gasteiger partial charge in [-0.1, -0.05) is 6.07 Å². The molecule has 1 aromatic carbocycles. The maximum atomic E-state index is 13.3. The third-order valence-corrected chi connectivity index (χ3v) is 4.89. The lowest BCUT2D eigenvalue weighted by atomic mass is 9.85. The standard InChI is InChI=1S/C13H16FNOS/c14-9-2-3-10-11(15)7-13(16-12(10)6-9)4-1-5-17-8-13/h2-3,6,11H,1,4-5,7-8,15H2/t11-,13?/m0/s1. The molecule has 1 unspecified atom stereocenters. The van der Waals surface area contributed by atoms with Crippen molar-refractivity contribution >= 4 is 11.8 Å². The molecule has 0 saturated carbocycles. The molecule has 0 bridgehead atoms. The lowest BCUT2D eigenvalue weighted by Gasteiger charge is -2.43. The van der Waals surface area contributed by atoms with Gasteiger partial charge in [-0.3, -0.25) is 0 Å². The Morgan fingerprint density at radius 2 is 2.35 bits per heavy atom. The monoisotopic (exact) mass is 253 g/mol. The largest absolute Gasteiger partial charge is 0.486 e. The van der Waals surface area contributed by atoms with Crippen molar-refractivity contribution in [2.75, 3.05) is 11.5 Å². The number of nitrogens with two attached hydrogens (primary N) is 1. The molecule has 1 aromatic rings. The Hall–Kier alpha value is -0.740. The summed E-state index contributed by atoms with van der Waals surface area (Å²) in [5.41, 5.74) is 6.96. The number of fused-ring (bicyclic) bond motifs is 1. The van der Waals surface area contributed by atoms with Gasteiger partial charge in [-0.05, 0) is 24.7 Å². The Labute approximate surface area is 105 Å². The summed E-state index contributed by atoms with van der Waals surface area (Å²) < 4.78 is 19.3. The lowest BCUT2D eigenvalue weighted by molar-refractivity contribution is 0.0468. The van der Waals surface area contributed by atoms with E-state index in [4.69, 9.17) is 10.5 Å². The molecule has 0 aliphatic carbocycles. The van der Waals surface area contributed by atoms with Crippen molar-refractivity contribution in [2.24, 2.45) is 5.73 Å². The van der Waals surface area contributed by atoms with Crippen LogP contribution in [0.25, 0.3) is 0 Å². The Morgan fingerprint density at radius 1 is 1.47 bits per heavy atom. The summed E-state index contributed by atoms with van der Waals surface area (Å²) in [6, 6.07) is 4.64. The van der Waals surface area contributed by atoms with Crippen LogP contribution in [0.5, 0.6) is 5.75 Å². The van der Waals surface area contributed by atoms with Gasteiger partial charge in [0.2, 0.25) is 0 Å². The first-order chi connectivity index (χ1) is 8.19. The predicted octanol–water partition coefficient (Wildman–Crippen LogP) is 2.87. The Balaban J connectivity index is 1.95. The zero-order chi connectivity index (χ0) is 11.9. The van der Waals surface area contributed by atoms with Crippen LogP contribution < -0.4 is 10.5 Å². The van der Waals surface area contributed by atoms with E-state index >= 15 is 0 Å². The molecular weight excluding hydrogens is 237 g/mol. The van der Waals surface area contributed by atoms with Gasteiger partial charge in [0.1, 0.15) is 17.2 Å². The zero-order valence-corrected chi connectivity index (χ0v) is 10.4. The first-order valence-electron chi connectivity index (χ1n) is 6.00. The molecule has 17 heavy (non-hydrogen) atoms. The Morgan fingerprint density at radius 3 is 3.12 bits per heavy atom. The fourth-order valence-corrected chi connectivity index (χ4v) is 3.94. The lowest BCUT2D eigenvalue weighted by Crippen LogP contribution is -2.46. The zero-order valence-electron chi connectivity index (χ0n) is 9.62. The fourth-order valence-electron chi connectivity index (χ4n) is 2.76. The normalized spacial score (nSPS) is 32.0. The van der Waals surface area contributed by atoms with E-state index in [1.165, 1.54) is 17.9 Å². The SMILES string of the molecule is N[C@H]1CC2(CCCSC2)Oc2cc(F)ccc21. The van der Waals surface area contributed by atoms with E-state index in [1.807, 2.05) is 11.8 Å². The maximum absolute atomic E-state index is 13.3. The van der Waals surface area contributed by atoms with Crippen molar-refractivity contribution < 1.29 is 9.13 Å². The van der Waals surface area contributed by atoms with Gasteiger partial charge in [0.15, 0.2) is 0 Å².